The minimum atomic E-state index is -0.411. The molecule has 0 radical (unpaired) electrons. The molecule has 0 aromatic heterocycles. The van der Waals surface area contributed by atoms with Crippen LogP contribution in [-0.4, -0.2) is 60.5 Å². The topological polar surface area (TPSA) is 78.7 Å². The highest BCUT2D eigenvalue weighted by Gasteiger charge is 2.33. The number of hydrogen-bond acceptors (Lipinski definition) is 3. The number of piperazine rings is 1. The van der Waals surface area contributed by atoms with Crippen molar-refractivity contribution in [2.45, 2.75) is 25.3 Å². The quantitative estimate of drug-likeness (QED) is 0.639. The Kier molecular flexibility index (Phi) is 3.83. The van der Waals surface area contributed by atoms with Gasteiger partial charge in [-0.3, -0.25) is 4.79 Å². The second kappa shape index (κ2) is 5.35. The van der Waals surface area contributed by atoms with Gasteiger partial charge in [0, 0.05) is 32.7 Å². The van der Waals surface area contributed by atoms with E-state index in [2.05, 4.69) is 5.32 Å². The highest BCUT2D eigenvalue weighted by Crippen LogP contribution is 2.18. The summed E-state index contributed by atoms with van der Waals surface area (Å²) in [5, 5.41) is 3.20. The van der Waals surface area contributed by atoms with E-state index in [0.717, 1.165) is 25.9 Å². The third-order valence-electron chi connectivity index (χ3n) is 3.46. The summed E-state index contributed by atoms with van der Waals surface area (Å²) in [5.41, 5.74) is 5.36. The van der Waals surface area contributed by atoms with Crippen molar-refractivity contribution in [1.29, 1.82) is 0 Å². The monoisotopic (exact) mass is 240 g/mol. The minimum Gasteiger partial charge on any atom is -0.368 e. The van der Waals surface area contributed by atoms with Gasteiger partial charge in [-0.1, -0.05) is 0 Å². The van der Waals surface area contributed by atoms with Crippen molar-refractivity contribution >= 4 is 11.9 Å². The molecule has 2 heterocycles. The van der Waals surface area contributed by atoms with E-state index >= 15 is 0 Å². The average Bonchev–Trinajstić information content (AvgIpc) is 2.39. The Morgan fingerprint density at radius 1 is 1.12 bits per heavy atom. The number of urea groups is 1. The Balaban J connectivity index is 2.02. The van der Waals surface area contributed by atoms with Crippen LogP contribution in [0.15, 0.2) is 0 Å². The summed E-state index contributed by atoms with van der Waals surface area (Å²) in [6, 6.07) is -0.443. The number of nitrogens with one attached hydrogen (secondary N) is 1. The molecule has 96 valence electrons. The van der Waals surface area contributed by atoms with Crippen molar-refractivity contribution in [2.24, 2.45) is 5.73 Å². The van der Waals surface area contributed by atoms with Gasteiger partial charge in [0.1, 0.15) is 6.04 Å². The van der Waals surface area contributed by atoms with Gasteiger partial charge >= 0.3 is 6.03 Å². The summed E-state index contributed by atoms with van der Waals surface area (Å²) in [6.45, 7) is 3.71. The van der Waals surface area contributed by atoms with E-state index in [4.69, 9.17) is 5.73 Å². The highest BCUT2D eigenvalue weighted by molar-refractivity contribution is 5.86. The fourth-order valence-corrected chi connectivity index (χ4v) is 2.49. The van der Waals surface area contributed by atoms with Crippen LogP contribution in [0.25, 0.3) is 0 Å². The highest BCUT2D eigenvalue weighted by atomic mass is 16.2. The first-order chi connectivity index (χ1) is 8.20. The molecular weight excluding hydrogens is 220 g/mol. The number of amides is 3. The molecule has 1 atom stereocenters. The van der Waals surface area contributed by atoms with Gasteiger partial charge in [-0.25, -0.2) is 4.79 Å². The van der Waals surface area contributed by atoms with Crippen LogP contribution < -0.4 is 11.1 Å². The molecule has 2 aliphatic heterocycles. The molecule has 2 aliphatic rings. The number of nitrogens with zero attached hydrogens (tertiary/aromatic N) is 2. The summed E-state index contributed by atoms with van der Waals surface area (Å²) >= 11 is 0. The molecule has 0 bridgehead atoms. The number of primary amides is 1. The lowest BCUT2D eigenvalue weighted by Gasteiger charge is -2.38. The van der Waals surface area contributed by atoms with E-state index in [0.29, 0.717) is 26.1 Å². The largest absolute Gasteiger partial charge is 0.368 e. The smallest absolute Gasteiger partial charge is 0.320 e. The number of hydrogen-bond donors (Lipinski definition) is 2. The van der Waals surface area contributed by atoms with Crippen LogP contribution in [0.2, 0.25) is 0 Å². The lowest BCUT2D eigenvalue weighted by atomic mass is 10.0. The Hall–Kier alpha value is -1.30. The Morgan fingerprint density at radius 3 is 2.47 bits per heavy atom. The zero-order valence-electron chi connectivity index (χ0n) is 10.0. The first kappa shape index (κ1) is 12.2. The molecule has 2 rings (SSSR count). The van der Waals surface area contributed by atoms with Crippen LogP contribution in [0, 0.1) is 0 Å². The SMILES string of the molecule is NC(=O)C1CCCCN1C(=O)N1CCNCC1. The molecule has 0 aromatic rings. The molecule has 6 nitrogen and oxygen atoms in total. The van der Waals surface area contributed by atoms with Gasteiger partial charge in [-0.15, -0.1) is 0 Å². The Morgan fingerprint density at radius 2 is 1.82 bits per heavy atom. The van der Waals surface area contributed by atoms with Crippen LogP contribution >= 0.6 is 0 Å². The molecule has 3 amide bonds. The van der Waals surface area contributed by atoms with Gasteiger partial charge in [0.2, 0.25) is 5.91 Å². The van der Waals surface area contributed by atoms with Gasteiger partial charge in [0.15, 0.2) is 0 Å². The van der Waals surface area contributed by atoms with Crippen LogP contribution in [0.4, 0.5) is 4.79 Å². The molecular formula is C11H20N4O2. The summed E-state index contributed by atoms with van der Waals surface area (Å²) in [7, 11) is 0. The molecule has 6 heteroatoms. The summed E-state index contributed by atoms with van der Waals surface area (Å²) in [4.78, 5) is 27.1. The maximum Gasteiger partial charge on any atom is 0.320 e. The summed E-state index contributed by atoms with van der Waals surface area (Å²) in [6.07, 6.45) is 2.63. The molecule has 0 saturated carbocycles. The summed E-state index contributed by atoms with van der Waals surface area (Å²) in [5.74, 6) is -0.381. The second-order valence-electron chi connectivity index (χ2n) is 4.63. The first-order valence-electron chi connectivity index (χ1n) is 6.26. The van der Waals surface area contributed by atoms with Crippen LogP contribution in [0.3, 0.4) is 0 Å². The minimum absolute atomic E-state index is 0.0324. The van der Waals surface area contributed by atoms with Crippen molar-refractivity contribution in [3.05, 3.63) is 0 Å². The lowest BCUT2D eigenvalue weighted by Crippen LogP contribution is -2.57. The number of piperidine rings is 1. The molecule has 3 N–H and O–H groups in total. The van der Waals surface area contributed by atoms with Gasteiger partial charge in [0.05, 0.1) is 0 Å². The summed E-state index contributed by atoms with van der Waals surface area (Å²) < 4.78 is 0. The number of likely N-dealkylation sites (tertiary alicyclic amines) is 1. The van der Waals surface area contributed by atoms with Gasteiger partial charge in [0.25, 0.3) is 0 Å². The van der Waals surface area contributed by atoms with E-state index in [1.165, 1.54) is 0 Å². The molecule has 1 unspecified atom stereocenters. The van der Waals surface area contributed by atoms with Crippen molar-refractivity contribution in [1.82, 2.24) is 15.1 Å². The Labute approximate surface area is 101 Å². The molecule has 2 saturated heterocycles. The maximum absolute atomic E-state index is 12.3. The van der Waals surface area contributed by atoms with E-state index in [-0.39, 0.29) is 11.9 Å². The number of nitrogens with two attached hydrogens (primary N) is 1. The molecule has 0 aliphatic carbocycles. The van der Waals surface area contributed by atoms with Crippen LogP contribution in [0.1, 0.15) is 19.3 Å². The molecule has 2 fully saturated rings. The van der Waals surface area contributed by atoms with E-state index < -0.39 is 6.04 Å². The molecule has 17 heavy (non-hydrogen) atoms. The fraction of sp³-hybridized carbons (Fsp3) is 0.818. The standard InChI is InChI=1S/C11H20N4O2/c12-10(16)9-3-1-2-6-15(9)11(17)14-7-4-13-5-8-14/h9,13H,1-8H2,(H2,12,16). The van der Waals surface area contributed by atoms with Crippen LogP contribution in [0.5, 0.6) is 0 Å². The average molecular weight is 240 g/mol. The zero-order chi connectivity index (χ0) is 12.3. The van der Waals surface area contributed by atoms with Gasteiger partial charge in [-0.2, -0.15) is 0 Å². The first-order valence-corrected chi connectivity index (χ1v) is 6.26. The van der Waals surface area contributed by atoms with Crippen molar-refractivity contribution in [2.75, 3.05) is 32.7 Å². The predicted molar refractivity (Wildman–Crippen MR) is 63.4 cm³/mol. The third kappa shape index (κ3) is 2.69. The van der Waals surface area contributed by atoms with E-state index in [9.17, 15) is 9.59 Å². The third-order valence-corrected chi connectivity index (χ3v) is 3.46. The number of carbonyl (C=O) groups is 2. The van der Waals surface area contributed by atoms with Gasteiger partial charge in [-0.05, 0) is 19.3 Å². The second-order valence-corrected chi connectivity index (χ2v) is 4.63. The van der Waals surface area contributed by atoms with E-state index in [1.54, 1.807) is 9.80 Å². The molecule has 0 aromatic carbocycles. The van der Waals surface area contributed by atoms with Crippen molar-refractivity contribution in [3.8, 4) is 0 Å². The molecule has 0 spiro atoms. The van der Waals surface area contributed by atoms with Crippen LogP contribution in [-0.2, 0) is 4.79 Å². The van der Waals surface area contributed by atoms with E-state index in [1.807, 2.05) is 0 Å². The fourth-order valence-electron chi connectivity index (χ4n) is 2.49. The number of rotatable bonds is 1. The maximum atomic E-state index is 12.3. The predicted octanol–water partition coefficient (Wildman–Crippen LogP) is -0.649. The normalized spacial score (nSPS) is 25.8. The lowest BCUT2D eigenvalue weighted by molar-refractivity contribution is -0.123. The Bertz CT molecular complexity index is 302. The van der Waals surface area contributed by atoms with Crippen molar-refractivity contribution in [3.63, 3.8) is 0 Å². The van der Waals surface area contributed by atoms with Crippen molar-refractivity contribution < 1.29 is 9.59 Å². The van der Waals surface area contributed by atoms with Gasteiger partial charge < -0.3 is 20.9 Å². The number of carbonyl (C=O) groups excluding carboxylic acids is 2. The zero-order valence-corrected chi connectivity index (χ0v) is 10.0.